The van der Waals surface area contributed by atoms with Gasteiger partial charge in [0.2, 0.25) is 5.91 Å². The van der Waals surface area contributed by atoms with E-state index >= 15 is 0 Å². The maximum Gasteiger partial charge on any atom is 0.244 e. The van der Waals surface area contributed by atoms with E-state index in [-0.39, 0.29) is 24.8 Å². The highest BCUT2D eigenvalue weighted by atomic mass is 79.9. The van der Waals surface area contributed by atoms with Crippen molar-refractivity contribution in [3.63, 3.8) is 0 Å². The van der Waals surface area contributed by atoms with Crippen LogP contribution in [0.2, 0.25) is 10.0 Å². The summed E-state index contributed by atoms with van der Waals surface area (Å²) in [5.74, 6) is 0.367. The Morgan fingerprint density at radius 2 is 1.82 bits per heavy atom. The van der Waals surface area contributed by atoms with Gasteiger partial charge in [0.05, 0.1) is 19.2 Å². The minimum Gasteiger partial charge on any atom is -0.490 e. The van der Waals surface area contributed by atoms with E-state index in [1.54, 1.807) is 42.5 Å². The third-order valence-corrected chi connectivity index (χ3v) is 5.71. The Labute approximate surface area is 209 Å². The molecule has 0 aliphatic heterocycles. The monoisotopic (exact) mass is 552 g/mol. The van der Waals surface area contributed by atoms with Gasteiger partial charge < -0.3 is 9.47 Å². The highest BCUT2D eigenvalue weighted by Crippen LogP contribution is 2.34. The number of hydrogen-bond acceptors (Lipinski definition) is 4. The summed E-state index contributed by atoms with van der Waals surface area (Å²) in [5.41, 5.74) is 4.61. The highest BCUT2D eigenvalue weighted by Gasteiger charge is 2.12. The fourth-order valence-electron chi connectivity index (χ4n) is 2.83. The first kappa shape index (κ1) is 25.0. The predicted octanol–water partition coefficient (Wildman–Crippen LogP) is 6.57. The Morgan fingerprint density at radius 1 is 1.09 bits per heavy atom. The lowest BCUT2D eigenvalue weighted by molar-refractivity contribution is -0.120. The molecule has 0 saturated carbocycles. The Morgan fingerprint density at radius 3 is 2.52 bits per heavy atom. The molecule has 3 aromatic carbocycles. The zero-order valence-electron chi connectivity index (χ0n) is 17.6. The molecular weight excluding hydrogens is 534 g/mol. The van der Waals surface area contributed by atoms with Gasteiger partial charge in [0.1, 0.15) is 12.4 Å². The Bertz CT molecular complexity index is 1160. The molecule has 172 valence electrons. The minimum atomic E-state index is -0.351. The number of nitrogens with one attached hydrogen (secondary N) is 1. The summed E-state index contributed by atoms with van der Waals surface area (Å²) in [4.78, 5) is 12.1. The van der Waals surface area contributed by atoms with Crippen molar-refractivity contribution in [2.24, 2.45) is 5.10 Å². The molecule has 33 heavy (non-hydrogen) atoms. The van der Waals surface area contributed by atoms with Crippen LogP contribution in [-0.4, -0.2) is 18.7 Å². The van der Waals surface area contributed by atoms with Crippen LogP contribution < -0.4 is 14.9 Å². The van der Waals surface area contributed by atoms with Crippen molar-refractivity contribution in [2.45, 2.75) is 20.0 Å². The second kappa shape index (κ2) is 12.0. The first-order valence-electron chi connectivity index (χ1n) is 9.95. The molecule has 0 heterocycles. The number of amides is 1. The fraction of sp³-hybridized carbons (Fsp3) is 0.167. The van der Waals surface area contributed by atoms with Crippen molar-refractivity contribution in [3.8, 4) is 11.5 Å². The topological polar surface area (TPSA) is 59.9 Å². The second-order valence-electron chi connectivity index (χ2n) is 6.87. The van der Waals surface area contributed by atoms with Gasteiger partial charge in [-0.15, -0.1) is 0 Å². The molecule has 0 fully saturated rings. The summed E-state index contributed by atoms with van der Waals surface area (Å²) >= 11 is 15.7. The van der Waals surface area contributed by atoms with E-state index < -0.39 is 0 Å². The van der Waals surface area contributed by atoms with Crippen LogP contribution in [0.25, 0.3) is 0 Å². The summed E-state index contributed by atoms with van der Waals surface area (Å²) < 4.78 is 25.3. The molecule has 0 atom stereocenters. The fourth-order valence-corrected chi connectivity index (χ4v) is 3.71. The number of nitrogens with zero attached hydrogens (tertiary/aromatic N) is 1. The number of ether oxygens (including phenoxy) is 2. The van der Waals surface area contributed by atoms with Gasteiger partial charge in [0.15, 0.2) is 11.5 Å². The standard InChI is InChI=1S/C24H20BrCl2FN2O3/c1-2-32-22-10-17(13-29-30-24(31)9-15-3-7-19(28)8-4-15)20(25)12-23(22)33-14-16-5-6-18(26)11-21(16)27/h3-8,10-13H,2,9,14H2,1H3,(H,30,31)/b29-13+. The van der Waals surface area contributed by atoms with E-state index in [4.69, 9.17) is 32.7 Å². The van der Waals surface area contributed by atoms with Gasteiger partial charge in [-0.05, 0) is 64.8 Å². The lowest BCUT2D eigenvalue weighted by Gasteiger charge is -2.14. The summed E-state index contributed by atoms with van der Waals surface area (Å²) in [5, 5.41) is 5.07. The third kappa shape index (κ3) is 7.45. The van der Waals surface area contributed by atoms with Gasteiger partial charge in [-0.3, -0.25) is 4.79 Å². The van der Waals surface area contributed by atoms with E-state index in [0.29, 0.717) is 43.8 Å². The highest BCUT2D eigenvalue weighted by molar-refractivity contribution is 9.10. The predicted molar refractivity (Wildman–Crippen MR) is 132 cm³/mol. The zero-order valence-corrected chi connectivity index (χ0v) is 20.7. The molecule has 9 heteroatoms. The molecule has 0 aliphatic carbocycles. The molecule has 0 saturated heterocycles. The summed E-state index contributed by atoms with van der Waals surface area (Å²) in [6, 6.07) is 14.4. The summed E-state index contributed by atoms with van der Waals surface area (Å²) in [6.07, 6.45) is 1.58. The largest absolute Gasteiger partial charge is 0.490 e. The Hall–Kier alpha value is -2.61. The molecule has 3 aromatic rings. The average Bonchev–Trinajstić information content (AvgIpc) is 2.77. The quantitative estimate of drug-likeness (QED) is 0.241. The molecule has 0 radical (unpaired) electrons. The third-order valence-electron chi connectivity index (χ3n) is 4.43. The Balaban J connectivity index is 1.67. The number of hydrazone groups is 1. The number of hydrogen-bond donors (Lipinski definition) is 1. The molecule has 1 N–H and O–H groups in total. The molecule has 0 aromatic heterocycles. The van der Waals surface area contributed by atoms with Gasteiger partial charge >= 0.3 is 0 Å². The van der Waals surface area contributed by atoms with Crippen molar-refractivity contribution in [1.82, 2.24) is 5.43 Å². The van der Waals surface area contributed by atoms with Crippen molar-refractivity contribution in [1.29, 1.82) is 0 Å². The second-order valence-corrected chi connectivity index (χ2v) is 8.57. The average molecular weight is 554 g/mol. The molecule has 5 nitrogen and oxygen atoms in total. The zero-order chi connectivity index (χ0) is 23.8. The first-order chi connectivity index (χ1) is 15.9. The van der Waals surface area contributed by atoms with Crippen LogP contribution in [0.5, 0.6) is 11.5 Å². The van der Waals surface area contributed by atoms with Crippen molar-refractivity contribution in [3.05, 3.63) is 91.6 Å². The van der Waals surface area contributed by atoms with Crippen LogP contribution in [0.3, 0.4) is 0 Å². The van der Waals surface area contributed by atoms with Crippen molar-refractivity contribution >= 4 is 51.3 Å². The maximum absolute atomic E-state index is 13.0. The van der Waals surface area contributed by atoms with E-state index in [1.165, 1.54) is 18.3 Å². The van der Waals surface area contributed by atoms with Gasteiger partial charge in [-0.2, -0.15) is 5.10 Å². The molecular formula is C24H20BrCl2FN2O3. The van der Waals surface area contributed by atoms with E-state index in [1.807, 2.05) is 6.92 Å². The molecule has 0 unspecified atom stereocenters. The minimum absolute atomic E-state index is 0.0863. The number of rotatable bonds is 9. The summed E-state index contributed by atoms with van der Waals surface area (Å²) in [7, 11) is 0. The van der Waals surface area contributed by atoms with Crippen LogP contribution in [0.15, 0.2) is 64.2 Å². The maximum atomic E-state index is 13.0. The molecule has 0 bridgehead atoms. The first-order valence-corrected chi connectivity index (χ1v) is 11.5. The lowest BCUT2D eigenvalue weighted by atomic mass is 10.1. The molecule has 0 aliphatic rings. The van der Waals surface area contributed by atoms with Crippen molar-refractivity contribution < 1.29 is 18.7 Å². The van der Waals surface area contributed by atoms with Crippen LogP contribution >= 0.6 is 39.1 Å². The Kier molecular flexibility index (Phi) is 9.11. The van der Waals surface area contributed by atoms with Crippen molar-refractivity contribution in [2.75, 3.05) is 6.61 Å². The lowest BCUT2D eigenvalue weighted by Crippen LogP contribution is -2.19. The number of halogens is 4. The molecule has 0 spiro atoms. The number of carbonyl (C=O) groups excluding carboxylic acids is 1. The SMILES string of the molecule is CCOc1cc(/C=N/NC(=O)Cc2ccc(F)cc2)c(Br)cc1OCc1ccc(Cl)cc1Cl. The van der Waals surface area contributed by atoms with Gasteiger partial charge in [0.25, 0.3) is 0 Å². The van der Waals surface area contributed by atoms with E-state index in [9.17, 15) is 9.18 Å². The van der Waals surface area contributed by atoms with Gasteiger partial charge in [-0.1, -0.05) is 41.4 Å². The molecule has 1 amide bonds. The van der Waals surface area contributed by atoms with E-state index in [0.717, 1.165) is 5.56 Å². The van der Waals surface area contributed by atoms with Gasteiger partial charge in [-0.25, -0.2) is 9.82 Å². The molecule has 3 rings (SSSR count). The smallest absolute Gasteiger partial charge is 0.244 e. The summed E-state index contributed by atoms with van der Waals surface area (Å²) in [6.45, 7) is 2.53. The van der Waals surface area contributed by atoms with E-state index in [2.05, 4.69) is 26.5 Å². The van der Waals surface area contributed by atoms with Gasteiger partial charge in [0, 0.05) is 25.6 Å². The van der Waals surface area contributed by atoms with Crippen LogP contribution in [0.4, 0.5) is 4.39 Å². The van der Waals surface area contributed by atoms with Crippen LogP contribution in [0, 0.1) is 5.82 Å². The normalized spacial score (nSPS) is 10.9. The number of carbonyl (C=O) groups is 1. The van der Waals surface area contributed by atoms with Crippen LogP contribution in [-0.2, 0) is 17.8 Å². The van der Waals surface area contributed by atoms with Crippen LogP contribution in [0.1, 0.15) is 23.6 Å². The number of benzene rings is 3.